The fraction of sp³-hybridized carbons (Fsp3) is 0.562. The smallest absolute Gasteiger partial charge is 0.188 e. The molecule has 1 unspecified atom stereocenters. The molecule has 0 aromatic heterocycles. The van der Waals surface area contributed by atoms with Crippen molar-refractivity contribution in [3.63, 3.8) is 0 Å². The first-order chi connectivity index (χ1) is 10.6. The highest BCUT2D eigenvalue weighted by molar-refractivity contribution is 5.78. The molecule has 0 aliphatic carbocycles. The SMILES string of the molecule is CCN=C(N)NC1CCN(Cc2cc(OC)cc(OC)c2)C1. The van der Waals surface area contributed by atoms with Crippen molar-refractivity contribution in [3.05, 3.63) is 23.8 Å². The molecule has 1 aliphatic heterocycles. The van der Waals surface area contributed by atoms with E-state index < -0.39 is 0 Å². The number of methoxy groups -OCH3 is 2. The van der Waals surface area contributed by atoms with Gasteiger partial charge in [0.15, 0.2) is 5.96 Å². The van der Waals surface area contributed by atoms with E-state index in [0.29, 0.717) is 18.5 Å². The summed E-state index contributed by atoms with van der Waals surface area (Å²) < 4.78 is 10.6. The molecule has 1 fully saturated rings. The first-order valence-corrected chi connectivity index (χ1v) is 7.65. The van der Waals surface area contributed by atoms with Gasteiger partial charge in [-0.1, -0.05) is 0 Å². The van der Waals surface area contributed by atoms with Crippen LogP contribution in [-0.4, -0.2) is 50.8 Å². The Morgan fingerprint density at radius 1 is 1.32 bits per heavy atom. The lowest BCUT2D eigenvalue weighted by molar-refractivity contribution is 0.322. The third-order valence-electron chi connectivity index (χ3n) is 3.77. The highest BCUT2D eigenvalue weighted by Gasteiger charge is 2.23. The van der Waals surface area contributed by atoms with Gasteiger partial charge in [-0.05, 0) is 31.0 Å². The Labute approximate surface area is 132 Å². The number of nitrogens with two attached hydrogens (primary N) is 1. The monoisotopic (exact) mass is 306 g/mol. The highest BCUT2D eigenvalue weighted by atomic mass is 16.5. The van der Waals surface area contributed by atoms with Crippen LogP contribution in [0.15, 0.2) is 23.2 Å². The van der Waals surface area contributed by atoms with E-state index in [2.05, 4.69) is 27.3 Å². The van der Waals surface area contributed by atoms with Crippen molar-refractivity contribution >= 4 is 5.96 Å². The van der Waals surface area contributed by atoms with Gasteiger partial charge < -0.3 is 20.5 Å². The summed E-state index contributed by atoms with van der Waals surface area (Å²) in [6.45, 7) is 5.55. The molecule has 0 saturated carbocycles. The number of hydrogen-bond acceptors (Lipinski definition) is 4. The van der Waals surface area contributed by atoms with E-state index in [0.717, 1.165) is 37.6 Å². The molecule has 6 nitrogen and oxygen atoms in total. The number of guanidine groups is 1. The Balaban J connectivity index is 1.93. The predicted octanol–water partition coefficient (Wildman–Crippen LogP) is 1.20. The van der Waals surface area contributed by atoms with Crippen molar-refractivity contribution in [2.24, 2.45) is 10.7 Å². The van der Waals surface area contributed by atoms with Crippen LogP contribution >= 0.6 is 0 Å². The van der Waals surface area contributed by atoms with Crippen LogP contribution in [0.3, 0.4) is 0 Å². The molecule has 2 rings (SSSR count). The van der Waals surface area contributed by atoms with Crippen LogP contribution < -0.4 is 20.5 Å². The number of rotatable bonds is 6. The molecule has 0 amide bonds. The number of benzene rings is 1. The number of ether oxygens (including phenoxy) is 2. The molecular formula is C16H26N4O2. The molecule has 22 heavy (non-hydrogen) atoms. The highest BCUT2D eigenvalue weighted by Crippen LogP contribution is 2.24. The maximum atomic E-state index is 5.83. The van der Waals surface area contributed by atoms with Crippen molar-refractivity contribution in [1.82, 2.24) is 10.2 Å². The number of likely N-dealkylation sites (tertiary alicyclic amines) is 1. The maximum Gasteiger partial charge on any atom is 0.188 e. The zero-order valence-corrected chi connectivity index (χ0v) is 13.6. The second kappa shape index (κ2) is 7.89. The second-order valence-corrected chi connectivity index (χ2v) is 5.45. The summed E-state index contributed by atoms with van der Waals surface area (Å²) in [6.07, 6.45) is 1.07. The predicted molar refractivity (Wildman–Crippen MR) is 88.5 cm³/mol. The quantitative estimate of drug-likeness (QED) is 0.610. The van der Waals surface area contributed by atoms with Crippen molar-refractivity contribution in [2.45, 2.75) is 25.9 Å². The fourth-order valence-corrected chi connectivity index (χ4v) is 2.74. The molecule has 3 N–H and O–H groups in total. The maximum absolute atomic E-state index is 5.83. The molecule has 1 aromatic carbocycles. The van der Waals surface area contributed by atoms with Gasteiger partial charge in [-0.15, -0.1) is 0 Å². The van der Waals surface area contributed by atoms with Crippen molar-refractivity contribution in [3.8, 4) is 11.5 Å². The second-order valence-electron chi connectivity index (χ2n) is 5.45. The van der Waals surface area contributed by atoms with Gasteiger partial charge in [-0.3, -0.25) is 9.89 Å². The van der Waals surface area contributed by atoms with Crippen LogP contribution in [0.4, 0.5) is 0 Å². The number of nitrogens with one attached hydrogen (secondary N) is 1. The van der Waals surface area contributed by atoms with E-state index in [1.54, 1.807) is 14.2 Å². The van der Waals surface area contributed by atoms with E-state index in [4.69, 9.17) is 15.2 Å². The minimum absolute atomic E-state index is 0.364. The Morgan fingerprint density at radius 3 is 2.59 bits per heavy atom. The van der Waals surface area contributed by atoms with E-state index >= 15 is 0 Å². The minimum atomic E-state index is 0.364. The van der Waals surface area contributed by atoms with Crippen LogP contribution in [0.5, 0.6) is 11.5 Å². The molecule has 0 spiro atoms. The van der Waals surface area contributed by atoms with Crippen LogP contribution in [0.2, 0.25) is 0 Å². The molecular weight excluding hydrogens is 280 g/mol. The summed E-state index contributed by atoms with van der Waals surface area (Å²) in [6, 6.07) is 6.36. The van der Waals surface area contributed by atoms with E-state index in [-0.39, 0.29) is 0 Å². The number of aliphatic imine (C=N–C) groups is 1. The lowest BCUT2D eigenvalue weighted by Gasteiger charge is -2.18. The van der Waals surface area contributed by atoms with Gasteiger partial charge in [0.2, 0.25) is 0 Å². The molecule has 0 radical (unpaired) electrons. The van der Waals surface area contributed by atoms with Crippen LogP contribution in [-0.2, 0) is 6.54 Å². The van der Waals surface area contributed by atoms with Gasteiger partial charge in [0, 0.05) is 38.3 Å². The largest absolute Gasteiger partial charge is 0.497 e. The molecule has 122 valence electrons. The molecule has 1 aliphatic rings. The molecule has 6 heteroatoms. The van der Waals surface area contributed by atoms with Gasteiger partial charge in [0.05, 0.1) is 14.2 Å². The first-order valence-electron chi connectivity index (χ1n) is 7.65. The first kappa shape index (κ1) is 16.4. The molecule has 0 bridgehead atoms. The van der Waals surface area contributed by atoms with Gasteiger partial charge in [0.25, 0.3) is 0 Å². The topological polar surface area (TPSA) is 72.1 Å². The standard InChI is InChI=1S/C16H26N4O2/c1-4-18-16(17)19-13-5-6-20(11-13)10-12-7-14(21-2)9-15(8-12)22-3/h7-9,13H,4-6,10-11H2,1-3H3,(H3,17,18,19). The van der Waals surface area contributed by atoms with Crippen molar-refractivity contribution in [2.75, 3.05) is 33.9 Å². The Bertz CT molecular complexity index is 497. The zero-order valence-electron chi connectivity index (χ0n) is 13.6. The van der Waals surface area contributed by atoms with Crippen LogP contribution in [0.25, 0.3) is 0 Å². The average molecular weight is 306 g/mol. The van der Waals surface area contributed by atoms with E-state index in [1.165, 1.54) is 5.56 Å². The Morgan fingerprint density at radius 2 is 2.00 bits per heavy atom. The summed E-state index contributed by atoms with van der Waals surface area (Å²) in [5.74, 6) is 2.18. The van der Waals surface area contributed by atoms with Gasteiger partial charge in [0.1, 0.15) is 11.5 Å². The van der Waals surface area contributed by atoms with Gasteiger partial charge in [-0.2, -0.15) is 0 Å². The molecule has 1 heterocycles. The Kier molecular flexibility index (Phi) is 5.89. The lowest BCUT2D eigenvalue weighted by atomic mass is 10.2. The zero-order chi connectivity index (χ0) is 15.9. The summed E-state index contributed by atoms with van der Waals surface area (Å²) in [5.41, 5.74) is 7.01. The molecule has 1 saturated heterocycles. The molecule has 1 aromatic rings. The van der Waals surface area contributed by atoms with E-state index in [1.807, 2.05) is 13.0 Å². The molecule has 1 atom stereocenters. The Hall–Kier alpha value is -1.95. The number of hydrogen-bond donors (Lipinski definition) is 2. The summed E-state index contributed by atoms with van der Waals surface area (Å²) >= 11 is 0. The van der Waals surface area contributed by atoms with Crippen molar-refractivity contribution in [1.29, 1.82) is 0 Å². The van der Waals surface area contributed by atoms with Crippen LogP contribution in [0.1, 0.15) is 18.9 Å². The number of nitrogens with zero attached hydrogens (tertiary/aromatic N) is 2. The summed E-state index contributed by atoms with van der Waals surface area (Å²) in [5, 5.41) is 3.28. The summed E-state index contributed by atoms with van der Waals surface area (Å²) in [7, 11) is 3.34. The summed E-state index contributed by atoms with van der Waals surface area (Å²) in [4.78, 5) is 6.57. The third kappa shape index (κ3) is 4.53. The van der Waals surface area contributed by atoms with Gasteiger partial charge in [-0.25, -0.2) is 0 Å². The fourth-order valence-electron chi connectivity index (χ4n) is 2.74. The van der Waals surface area contributed by atoms with E-state index in [9.17, 15) is 0 Å². The van der Waals surface area contributed by atoms with Crippen LogP contribution in [0, 0.1) is 0 Å². The lowest BCUT2D eigenvalue weighted by Crippen LogP contribution is -2.41. The average Bonchev–Trinajstić information content (AvgIpc) is 2.93. The third-order valence-corrected chi connectivity index (χ3v) is 3.77. The van der Waals surface area contributed by atoms with Gasteiger partial charge >= 0.3 is 0 Å². The van der Waals surface area contributed by atoms with Crippen molar-refractivity contribution < 1.29 is 9.47 Å². The minimum Gasteiger partial charge on any atom is -0.497 e. The normalized spacial score (nSPS) is 19.2.